The predicted molar refractivity (Wildman–Crippen MR) is 79.1 cm³/mol. The molecule has 0 amide bonds. The Balaban J connectivity index is 1.67. The van der Waals surface area contributed by atoms with Gasteiger partial charge in [-0.05, 0) is 25.7 Å². The molecule has 110 valence electrons. The molecular formula is C17H31NO. The highest BCUT2D eigenvalue weighted by Gasteiger charge is 2.67. The van der Waals surface area contributed by atoms with E-state index in [0.29, 0.717) is 0 Å². The SMILES string of the molecule is COC1(N2CCCC2)C2CCCCCCCCCC21. The number of methoxy groups -OCH3 is 1. The molecule has 3 rings (SSSR count). The molecule has 2 unspecified atom stereocenters. The van der Waals surface area contributed by atoms with Crippen LogP contribution in [0.25, 0.3) is 0 Å². The highest BCUT2D eigenvalue weighted by atomic mass is 16.5. The lowest BCUT2D eigenvalue weighted by Crippen LogP contribution is -2.40. The van der Waals surface area contributed by atoms with Crippen LogP contribution in [0.2, 0.25) is 0 Å². The first-order chi connectivity index (χ1) is 9.39. The van der Waals surface area contributed by atoms with Crippen LogP contribution in [0.15, 0.2) is 0 Å². The smallest absolute Gasteiger partial charge is 0.127 e. The fourth-order valence-corrected chi connectivity index (χ4v) is 4.89. The molecule has 0 bridgehead atoms. The van der Waals surface area contributed by atoms with Crippen LogP contribution >= 0.6 is 0 Å². The van der Waals surface area contributed by atoms with Gasteiger partial charge < -0.3 is 4.74 Å². The molecular weight excluding hydrogens is 234 g/mol. The van der Waals surface area contributed by atoms with Crippen molar-refractivity contribution in [3.8, 4) is 0 Å². The van der Waals surface area contributed by atoms with Crippen LogP contribution in [-0.4, -0.2) is 30.8 Å². The van der Waals surface area contributed by atoms with E-state index in [9.17, 15) is 0 Å². The zero-order valence-corrected chi connectivity index (χ0v) is 12.7. The molecule has 2 heteroatoms. The average Bonchev–Trinajstić information content (AvgIpc) is 2.76. The molecule has 2 nitrogen and oxygen atoms in total. The summed E-state index contributed by atoms with van der Waals surface area (Å²) in [6.07, 6.45) is 15.7. The van der Waals surface area contributed by atoms with Crippen LogP contribution in [0.1, 0.15) is 70.6 Å². The van der Waals surface area contributed by atoms with Crippen LogP contribution in [0.4, 0.5) is 0 Å². The molecule has 1 saturated heterocycles. The Morgan fingerprint density at radius 1 is 0.737 bits per heavy atom. The van der Waals surface area contributed by atoms with E-state index in [1.165, 1.54) is 83.7 Å². The minimum absolute atomic E-state index is 0.162. The molecule has 0 N–H and O–H groups in total. The van der Waals surface area contributed by atoms with Crippen molar-refractivity contribution in [1.29, 1.82) is 0 Å². The molecule has 0 aromatic rings. The minimum atomic E-state index is 0.162. The number of likely N-dealkylation sites (tertiary alicyclic amines) is 1. The van der Waals surface area contributed by atoms with Crippen molar-refractivity contribution in [2.24, 2.45) is 11.8 Å². The number of ether oxygens (including phenoxy) is 1. The summed E-state index contributed by atoms with van der Waals surface area (Å²) < 4.78 is 6.13. The van der Waals surface area contributed by atoms with Crippen molar-refractivity contribution in [2.75, 3.05) is 20.2 Å². The monoisotopic (exact) mass is 265 g/mol. The van der Waals surface area contributed by atoms with E-state index in [1.807, 2.05) is 7.11 Å². The zero-order valence-electron chi connectivity index (χ0n) is 12.7. The van der Waals surface area contributed by atoms with Crippen LogP contribution in [-0.2, 0) is 4.74 Å². The van der Waals surface area contributed by atoms with Gasteiger partial charge in [-0.1, -0.05) is 44.9 Å². The Labute approximate surface area is 118 Å². The summed E-state index contributed by atoms with van der Waals surface area (Å²) in [6.45, 7) is 2.56. The van der Waals surface area contributed by atoms with E-state index in [1.54, 1.807) is 0 Å². The number of rotatable bonds is 2. The van der Waals surface area contributed by atoms with Crippen molar-refractivity contribution < 1.29 is 4.74 Å². The normalized spacial score (nSPS) is 41.5. The number of hydrogen-bond acceptors (Lipinski definition) is 2. The molecule has 3 aliphatic rings. The second-order valence-corrected chi connectivity index (χ2v) is 6.92. The lowest BCUT2D eigenvalue weighted by atomic mass is 10.1. The van der Waals surface area contributed by atoms with E-state index in [-0.39, 0.29) is 5.72 Å². The van der Waals surface area contributed by atoms with Gasteiger partial charge in [0.2, 0.25) is 0 Å². The number of fused-ring (bicyclic) bond motifs is 1. The van der Waals surface area contributed by atoms with Crippen molar-refractivity contribution >= 4 is 0 Å². The zero-order chi connectivity index (χ0) is 13.1. The molecule has 0 aromatic carbocycles. The quantitative estimate of drug-likeness (QED) is 0.742. The van der Waals surface area contributed by atoms with Gasteiger partial charge in [-0.3, -0.25) is 4.90 Å². The molecule has 0 radical (unpaired) electrons. The van der Waals surface area contributed by atoms with Crippen LogP contribution in [0.5, 0.6) is 0 Å². The van der Waals surface area contributed by atoms with Gasteiger partial charge in [0.1, 0.15) is 5.72 Å². The molecule has 2 atom stereocenters. The topological polar surface area (TPSA) is 12.5 Å². The standard InChI is InChI=1S/C17H31NO/c1-19-17(18-13-9-10-14-18)15-11-7-5-3-2-4-6-8-12-16(15)17/h15-16H,2-14H2,1H3. The van der Waals surface area contributed by atoms with Crippen molar-refractivity contribution in [2.45, 2.75) is 76.4 Å². The van der Waals surface area contributed by atoms with Gasteiger partial charge in [0.15, 0.2) is 0 Å². The second-order valence-electron chi connectivity index (χ2n) is 6.92. The van der Waals surface area contributed by atoms with Gasteiger partial charge in [-0.2, -0.15) is 0 Å². The molecule has 19 heavy (non-hydrogen) atoms. The van der Waals surface area contributed by atoms with Gasteiger partial charge in [0.05, 0.1) is 0 Å². The van der Waals surface area contributed by atoms with Crippen molar-refractivity contribution in [1.82, 2.24) is 4.90 Å². The fourth-order valence-electron chi connectivity index (χ4n) is 4.89. The Hall–Kier alpha value is -0.0800. The van der Waals surface area contributed by atoms with Gasteiger partial charge in [-0.15, -0.1) is 0 Å². The van der Waals surface area contributed by atoms with E-state index in [4.69, 9.17) is 4.74 Å². The van der Waals surface area contributed by atoms with Crippen molar-refractivity contribution in [3.05, 3.63) is 0 Å². The lowest BCUT2D eigenvalue weighted by molar-refractivity contribution is -0.0689. The van der Waals surface area contributed by atoms with Crippen LogP contribution < -0.4 is 0 Å². The maximum Gasteiger partial charge on any atom is 0.127 e. The summed E-state index contributed by atoms with van der Waals surface area (Å²) >= 11 is 0. The largest absolute Gasteiger partial charge is 0.363 e. The molecule has 2 saturated carbocycles. The second kappa shape index (κ2) is 6.13. The Morgan fingerprint density at radius 3 is 1.68 bits per heavy atom. The number of hydrogen-bond donors (Lipinski definition) is 0. The third-order valence-corrected chi connectivity index (χ3v) is 5.90. The third kappa shape index (κ3) is 2.58. The number of nitrogens with zero attached hydrogens (tertiary/aromatic N) is 1. The molecule has 0 aromatic heterocycles. The van der Waals surface area contributed by atoms with Gasteiger partial charge in [-0.25, -0.2) is 0 Å². The predicted octanol–water partition coefficient (Wildman–Crippen LogP) is 4.20. The highest BCUT2D eigenvalue weighted by molar-refractivity contribution is 5.12. The van der Waals surface area contributed by atoms with Gasteiger partial charge >= 0.3 is 0 Å². The first-order valence-corrected chi connectivity index (χ1v) is 8.70. The summed E-state index contributed by atoms with van der Waals surface area (Å²) in [4.78, 5) is 2.69. The molecule has 1 aliphatic heterocycles. The average molecular weight is 265 g/mol. The Bertz CT molecular complexity index is 269. The Kier molecular flexibility index (Phi) is 4.48. The molecule has 0 spiro atoms. The van der Waals surface area contributed by atoms with Crippen LogP contribution in [0.3, 0.4) is 0 Å². The molecule has 3 fully saturated rings. The fraction of sp³-hybridized carbons (Fsp3) is 1.00. The van der Waals surface area contributed by atoms with E-state index in [2.05, 4.69) is 4.90 Å². The van der Waals surface area contributed by atoms with E-state index >= 15 is 0 Å². The summed E-state index contributed by atoms with van der Waals surface area (Å²) in [5.41, 5.74) is 0.162. The maximum atomic E-state index is 6.13. The van der Waals surface area contributed by atoms with Crippen LogP contribution in [0, 0.1) is 11.8 Å². The first-order valence-electron chi connectivity index (χ1n) is 8.70. The summed E-state index contributed by atoms with van der Waals surface area (Å²) in [7, 11) is 1.97. The lowest BCUT2D eigenvalue weighted by Gasteiger charge is -2.29. The van der Waals surface area contributed by atoms with Gasteiger partial charge in [0, 0.05) is 32.0 Å². The Morgan fingerprint density at radius 2 is 1.21 bits per heavy atom. The maximum absolute atomic E-state index is 6.13. The summed E-state index contributed by atoms with van der Waals surface area (Å²) in [5.74, 6) is 1.68. The molecule has 2 aliphatic carbocycles. The van der Waals surface area contributed by atoms with E-state index in [0.717, 1.165) is 11.8 Å². The molecule has 1 heterocycles. The summed E-state index contributed by atoms with van der Waals surface area (Å²) in [6, 6.07) is 0. The van der Waals surface area contributed by atoms with E-state index < -0.39 is 0 Å². The van der Waals surface area contributed by atoms with Gasteiger partial charge in [0.25, 0.3) is 0 Å². The first kappa shape index (κ1) is 13.9. The van der Waals surface area contributed by atoms with Crippen molar-refractivity contribution in [3.63, 3.8) is 0 Å². The highest BCUT2D eigenvalue weighted by Crippen LogP contribution is 2.60. The summed E-state index contributed by atoms with van der Waals surface area (Å²) in [5, 5.41) is 0. The minimum Gasteiger partial charge on any atom is -0.363 e. The third-order valence-electron chi connectivity index (χ3n) is 5.90.